The second-order valence-corrected chi connectivity index (χ2v) is 7.35. The van der Waals surface area contributed by atoms with Crippen LogP contribution in [0.4, 0.5) is 11.4 Å². The molecule has 0 heterocycles. The molecular formula is C21H14BrClN2O5. The standard InChI is InChI=1S/C21H14BrClN2O5/c22-16-9-5-4-8-15(16)21(27)30-19(13-6-2-1-3-7-13)20(26)24-18-11-10-14(25(28)29)12-17(18)23/h1-12,19H,(H,24,26). The maximum Gasteiger partial charge on any atom is 0.340 e. The van der Waals surface area contributed by atoms with Gasteiger partial charge in [0.2, 0.25) is 6.10 Å². The van der Waals surface area contributed by atoms with E-state index in [-0.39, 0.29) is 22.0 Å². The number of benzene rings is 3. The van der Waals surface area contributed by atoms with Gasteiger partial charge in [-0.2, -0.15) is 0 Å². The van der Waals surface area contributed by atoms with E-state index in [1.807, 2.05) is 0 Å². The predicted octanol–water partition coefficient (Wildman–Crippen LogP) is 5.55. The summed E-state index contributed by atoms with van der Waals surface area (Å²) in [5.41, 5.74) is 0.663. The van der Waals surface area contributed by atoms with Gasteiger partial charge in [-0.25, -0.2) is 4.79 Å². The van der Waals surface area contributed by atoms with E-state index in [0.717, 1.165) is 6.07 Å². The maximum absolute atomic E-state index is 12.9. The minimum atomic E-state index is -1.27. The zero-order valence-corrected chi connectivity index (χ0v) is 17.6. The summed E-state index contributed by atoms with van der Waals surface area (Å²) < 4.78 is 6.04. The van der Waals surface area contributed by atoms with Crippen LogP contribution in [0.15, 0.2) is 77.3 Å². The summed E-state index contributed by atoms with van der Waals surface area (Å²) in [4.78, 5) is 35.9. The number of ether oxygens (including phenoxy) is 1. The van der Waals surface area contributed by atoms with Gasteiger partial charge in [0.1, 0.15) is 0 Å². The van der Waals surface area contributed by atoms with Crippen LogP contribution in [-0.2, 0) is 9.53 Å². The third kappa shape index (κ3) is 5.03. The van der Waals surface area contributed by atoms with E-state index in [4.69, 9.17) is 16.3 Å². The molecule has 30 heavy (non-hydrogen) atoms. The fraction of sp³-hybridized carbons (Fsp3) is 0.0476. The largest absolute Gasteiger partial charge is 0.444 e. The molecule has 1 N–H and O–H groups in total. The summed E-state index contributed by atoms with van der Waals surface area (Å²) in [7, 11) is 0. The number of rotatable bonds is 6. The van der Waals surface area contributed by atoms with Gasteiger partial charge in [0.25, 0.3) is 11.6 Å². The molecule has 9 heteroatoms. The maximum atomic E-state index is 12.9. The number of non-ortho nitro benzene ring substituents is 1. The molecule has 1 amide bonds. The van der Waals surface area contributed by atoms with Crippen LogP contribution in [0, 0.1) is 10.1 Å². The molecule has 7 nitrogen and oxygen atoms in total. The molecule has 0 fully saturated rings. The molecule has 3 aromatic carbocycles. The minimum absolute atomic E-state index is 0.0125. The molecule has 0 saturated heterocycles. The van der Waals surface area contributed by atoms with Gasteiger partial charge in [-0.1, -0.05) is 54.1 Å². The highest BCUT2D eigenvalue weighted by Crippen LogP contribution is 2.29. The van der Waals surface area contributed by atoms with E-state index in [1.54, 1.807) is 54.6 Å². The highest BCUT2D eigenvalue weighted by atomic mass is 79.9. The lowest BCUT2D eigenvalue weighted by Gasteiger charge is -2.19. The number of amides is 1. The van der Waals surface area contributed by atoms with Crippen molar-refractivity contribution in [2.75, 3.05) is 5.32 Å². The summed E-state index contributed by atoms with van der Waals surface area (Å²) in [5.74, 6) is -1.35. The molecule has 0 aromatic heterocycles. The Labute approximate surface area is 184 Å². The summed E-state index contributed by atoms with van der Waals surface area (Å²) in [6.45, 7) is 0. The van der Waals surface area contributed by atoms with E-state index in [0.29, 0.717) is 10.0 Å². The second kappa shape index (κ2) is 9.51. The van der Waals surface area contributed by atoms with Crippen LogP contribution in [-0.4, -0.2) is 16.8 Å². The van der Waals surface area contributed by atoms with Crippen molar-refractivity contribution >= 4 is 50.8 Å². The van der Waals surface area contributed by atoms with Crippen LogP contribution in [0.1, 0.15) is 22.0 Å². The van der Waals surface area contributed by atoms with Crippen LogP contribution < -0.4 is 5.32 Å². The second-order valence-electron chi connectivity index (χ2n) is 6.09. The Balaban J connectivity index is 1.87. The van der Waals surface area contributed by atoms with Crippen molar-refractivity contribution in [1.29, 1.82) is 0 Å². The molecule has 3 rings (SSSR count). The zero-order valence-electron chi connectivity index (χ0n) is 15.2. The number of nitro groups is 1. The van der Waals surface area contributed by atoms with E-state index in [9.17, 15) is 19.7 Å². The Morgan fingerprint density at radius 3 is 2.33 bits per heavy atom. The topological polar surface area (TPSA) is 98.5 Å². The number of hydrogen-bond donors (Lipinski definition) is 1. The number of nitro benzene ring substituents is 1. The van der Waals surface area contributed by atoms with E-state index >= 15 is 0 Å². The van der Waals surface area contributed by atoms with Crippen molar-refractivity contribution in [1.82, 2.24) is 0 Å². The third-order valence-electron chi connectivity index (χ3n) is 4.08. The zero-order chi connectivity index (χ0) is 21.7. The Morgan fingerprint density at radius 2 is 1.70 bits per heavy atom. The number of halogens is 2. The van der Waals surface area contributed by atoms with Crippen molar-refractivity contribution in [2.45, 2.75) is 6.10 Å². The molecule has 0 aliphatic carbocycles. The average molecular weight is 490 g/mol. The van der Waals surface area contributed by atoms with Crippen LogP contribution >= 0.6 is 27.5 Å². The van der Waals surface area contributed by atoms with Crippen molar-refractivity contribution in [3.8, 4) is 0 Å². The van der Waals surface area contributed by atoms with Gasteiger partial charge >= 0.3 is 5.97 Å². The van der Waals surface area contributed by atoms with Gasteiger partial charge in [-0.3, -0.25) is 14.9 Å². The van der Waals surface area contributed by atoms with Gasteiger partial charge < -0.3 is 10.1 Å². The number of anilines is 1. The van der Waals surface area contributed by atoms with Crippen LogP contribution in [0.2, 0.25) is 5.02 Å². The first-order chi connectivity index (χ1) is 14.4. The van der Waals surface area contributed by atoms with Crippen molar-refractivity contribution in [2.24, 2.45) is 0 Å². The number of nitrogens with zero attached hydrogens (tertiary/aromatic N) is 1. The lowest BCUT2D eigenvalue weighted by Crippen LogP contribution is -2.26. The highest BCUT2D eigenvalue weighted by molar-refractivity contribution is 9.10. The van der Waals surface area contributed by atoms with Gasteiger partial charge in [-0.15, -0.1) is 0 Å². The van der Waals surface area contributed by atoms with Crippen molar-refractivity contribution < 1.29 is 19.2 Å². The smallest absolute Gasteiger partial charge is 0.340 e. The Kier molecular flexibility index (Phi) is 6.81. The lowest BCUT2D eigenvalue weighted by molar-refractivity contribution is -0.384. The number of carbonyl (C=O) groups excluding carboxylic acids is 2. The van der Waals surface area contributed by atoms with E-state index in [1.165, 1.54) is 12.1 Å². The first kappa shape index (κ1) is 21.5. The van der Waals surface area contributed by atoms with Crippen LogP contribution in [0.25, 0.3) is 0 Å². The van der Waals surface area contributed by atoms with Gasteiger partial charge in [0, 0.05) is 22.2 Å². The average Bonchev–Trinajstić information content (AvgIpc) is 2.74. The summed E-state index contributed by atoms with van der Waals surface area (Å²) >= 11 is 9.35. The van der Waals surface area contributed by atoms with Gasteiger partial charge in [-0.05, 0) is 34.1 Å². The number of hydrogen-bond acceptors (Lipinski definition) is 5. The monoisotopic (exact) mass is 488 g/mol. The molecule has 152 valence electrons. The van der Waals surface area contributed by atoms with Crippen LogP contribution in [0.3, 0.4) is 0 Å². The predicted molar refractivity (Wildman–Crippen MR) is 115 cm³/mol. The number of nitrogens with one attached hydrogen (secondary N) is 1. The molecule has 0 radical (unpaired) electrons. The SMILES string of the molecule is O=C(OC(C(=O)Nc1ccc([N+](=O)[O-])cc1Cl)c1ccccc1)c1ccccc1Br. The molecule has 0 bridgehead atoms. The Bertz CT molecular complexity index is 1110. The van der Waals surface area contributed by atoms with E-state index < -0.39 is 22.9 Å². The Morgan fingerprint density at radius 1 is 1.03 bits per heavy atom. The molecule has 3 aromatic rings. The first-order valence-corrected chi connectivity index (χ1v) is 9.79. The summed E-state index contributed by atoms with van der Waals surface area (Å²) in [5, 5.41) is 13.4. The normalized spacial score (nSPS) is 11.4. The van der Waals surface area contributed by atoms with Gasteiger partial charge in [0.05, 0.1) is 21.2 Å². The molecule has 1 atom stereocenters. The number of esters is 1. The first-order valence-electron chi connectivity index (χ1n) is 8.62. The molecule has 0 saturated carbocycles. The molecular weight excluding hydrogens is 476 g/mol. The minimum Gasteiger partial charge on any atom is -0.444 e. The summed E-state index contributed by atoms with van der Waals surface area (Å²) in [6, 6.07) is 18.8. The number of carbonyl (C=O) groups is 2. The van der Waals surface area contributed by atoms with Crippen molar-refractivity contribution in [3.05, 3.63) is 104 Å². The van der Waals surface area contributed by atoms with Crippen LogP contribution in [0.5, 0.6) is 0 Å². The molecule has 1 unspecified atom stereocenters. The fourth-order valence-corrected chi connectivity index (χ4v) is 3.28. The molecule has 0 spiro atoms. The highest BCUT2D eigenvalue weighted by Gasteiger charge is 2.27. The quantitative estimate of drug-likeness (QED) is 0.278. The van der Waals surface area contributed by atoms with Gasteiger partial charge in [0.15, 0.2) is 0 Å². The molecule has 0 aliphatic rings. The third-order valence-corrected chi connectivity index (χ3v) is 5.08. The fourth-order valence-electron chi connectivity index (χ4n) is 2.62. The van der Waals surface area contributed by atoms with Crippen molar-refractivity contribution in [3.63, 3.8) is 0 Å². The molecule has 0 aliphatic heterocycles. The Hall–Kier alpha value is -3.23. The van der Waals surface area contributed by atoms with E-state index in [2.05, 4.69) is 21.2 Å². The summed E-state index contributed by atoms with van der Waals surface area (Å²) in [6.07, 6.45) is -1.27. The lowest BCUT2D eigenvalue weighted by atomic mass is 10.1.